The van der Waals surface area contributed by atoms with E-state index in [4.69, 9.17) is 4.74 Å². The number of hydrogen-bond donors (Lipinski definition) is 0. The minimum absolute atomic E-state index is 0.176. The van der Waals surface area contributed by atoms with E-state index in [2.05, 4.69) is 39.8 Å². The van der Waals surface area contributed by atoms with E-state index in [1.807, 2.05) is 0 Å². The molecule has 0 saturated carbocycles. The van der Waals surface area contributed by atoms with Crippen LogP contribution in [0.25, 0.3) is 0 Å². The summed E-state index contributed by atoms with van der Waals surface area (Å²) in [5.74, 6) is 0.751. The second kappa shape index (κ2) is 6.89. The fourth-order valence-corrected chi connectivity index (χ4v) is 2.45. The number of allylic oxidation sites excluding steroid dienone is 2. The predicted molar refractivity (Wildman–Crippen MR) is 75.5 cm³/mol. The van der Waals surface area contributed by atoms with E-state index in [0.717, 1.165) is 12.8 Å². The van der Waals surface area contributed by atoms with Gasteiger partial charge in [-0.1, -0.05) is 23.3 Å². The van der Waals surface area contributed by atoms with Gasteiger partial charge in [0.2, 0.25) is 0 Å². The lowest BCUT2D eigenvalue weighted by molar-refractivity contribution is -0.117. The van der Waals surface area contributed by atoms with Crippen molar-refractivity contribution in [2.45, 2.75) is 66.1 Å². The van der Waals surface area contributed by atoms with Crippen LogP contribution in [0.1, 0.15) is 53.9 Å². The Kier molecular flexibility index (Phi) is 5.80. The molecule has 0 aromatic carbocycles. The molecule has 2 nitrogen and oxygen atoms in total. The SMILES string of the molecule is CC(=O)CCC1CC(C=C(C)C)OC1C=C(C)C. The zero-order valence-electron chi connectivity index (χ0n) is 12.3. The molecular weight excluding hydrogens is 224 g/mol. The third-order valence-electron chi connectivity index (χ3n) is 3.22. The van der Waals surface area contributed by atoms with Gasteiger partial charge in [-0.2, -0.15) is 0 Å². The van der Waals surface area contributed by atoms with Gasteiger partial charge in [0.25, 0.3) is 0 Å². The fourth-order valence-electron chi connectivity index (χ4n) is 2.45. The number of carbonyl (C=O) groups is 1. The van der Waals surface area contributed by atoms with Crippen molar-refractivity contribution in [3.05, 3.63) is 23.3 Å². The summed E-state index contributed by atoms with van der Waals surface area (Å²) in [6, 6.07) is 0. The Balaban J connectivity index is 2.68. The third kappa shape index (κ3) is 5.18. The highest BCUT2D eigenvalue weighted by molar-refractivity contribution is 5.75. The minimum atomic E-state index is 0.176. The smallest absolute Gasteiger partial charge is 0.129 e. The van der Waals surface area contributed by atoms with Crippen LogP contribution in [0.4, 0.5) is 0 Å². The molecule has 18 heavy (non-hydrogen) atoms. The molecule has 0 bridgehead atoms. The zero-order valence-corrected chi connectivity index (χ0v) is 12.3. The van der Waals surface area contributed by atoms with Gasteiger partial charge in [-0.25, -0.2) is 0 Å². The van der Waals surface area contributed by atoms with Gasteiger partial charge in [-0.3, -0.25) is 0 Å². The largest absolute Gasteiger partial charge is 0.367 e. The monoisotopic (exact) mass is 250 g/mol. The van der Waals surface area contributed by atoms with Crippen LogP contribution >= 0.6 is 0 Å². The highest BCUT2D eigenvalue weighted by atomic mass is 16.5. The molecule has 0 radical (unpaired) electrons. The highest BCUT2D eigenvalue weighted by Crippen LogP contribution is 2.32. The first kappa shape index (κ1) is 15.2. The van der Waals surface area contributed by atoms with E-state index in [1.54, 1.807) is 6.92 Å². The van der Waals surface area contributed by atoms with Gasteiger partial charge in [-0.05, 0) is 53.4 Å². The van der Waals surface area contributed by atoms with Crippen molar-refractivity contribution >= 4 is 5.78 Å². The molecule has 0 aliphatic carbocycles. The van der Waals surface area contributed by atoms with Gasteiger partial charge in [0, 0.05) is 6.42 Å². The van der Waals surface area contributed by atoms with E-state index in [-0.39, 0.29) is 18.0 Å². The molecule has 1 heterocycles. The molecule has 0 N–H and O–H groups in total. The van der Waals surface area contributed by atoms with Crippen LogP contribution in [0.5, 0.6) is 0 Å². The summed E-state index contributed by atoms with van der Waals surface area (Å²) >= 11 is 0. The molecule has 0 spiro atoms. The lowest BCUT2D eigenvalue weighted by atomic mass is 9.92. The fraction of sp³-hybridized carbons (Fsp3) is 0.688. The number of ketones is 1. The van der Waals surface area contributed by atoms with Crippen LogP contribution in [0.2, 0.25) is 0 Å². The van der Waals surface area contributed by atoms with E-state index in [1.165, 1.54) is 11.1 Å². The maximum Gasteiger partial charge on any atom is 0.129 e. The Morgan fingerprint density at radius 2 is 1.72 bits per heavy atom. The van der Waals surface area contributed by atoms with Crippen LogP contribution in [-0.4, -0.2) is 18.0 Å². The summed E-state index contributed by atoms with van der Waals surface area (Å²) in [6.45, 7) is 10.1. The van der Waals surface area contributed by atoms with Gasteiger partial charge in [0.15, 0.2) is 0 Å². The summed E-state index contributed by atoms with van der Waals surface area (Å²) in [5, 5.41) is 0. The number of Topliss-reactive ketones (excluding diaryl/α,β-unsaturated/α-hetero) is 1. The maximum absolute atomic E-state index is 11.1. The van der Waals surface area contributed by atoms with Crippen LogP contribution < -0.4 is 0 Å². The summed E-state index contributed by atoms with van der Waals surface area (Å²) in [5.41, 5.74) is 2.58. The van der Waals surface area contributed by atoms with Gasteiger partial charge < -0.3 is 9.53 Å². The minimum Gasteiger partial charge on any atom is -0.367 e. The second-order valence-electron chi connectivity index (χ2n) is 5.86. The number of ether oxygens (including phenoxy) is 1. The van der Waals surface area contributed by atoms with E-state index >= 15 is 0 Å². The Labute approximate surface area is 111 Å². The van der Waals surface area contributed by atoms with Crippen molar-refractivity contribution < 1.29 is 9.53 Å². The molecule has 2 heteroatoms. The van der Waals surface area contributed by atoms with E-state index in [9.17, 15) is 4.79 Å². The van der Waals surface area contributed by atoms with Crippen LogP contribution in [0, 0.1) is 5.92 Å². The lowest BCUT2D eigenvalue weighted by Crippen LogP contribution is -2.14. The molecule has 1 saturated heterocycles. The average molecular weight is 250 g/mol. The molecule has 1 fully saturated rings. The van der Waals surface area contributed by atoms with Crippen LogP contribution in [0.3, 0.4) is 0 Å². The number of rotatable bonds is 5. The Bertz CT molecular complexity index is 344. The molecule has 1 rings (SSSR count). The number of carbonyl (C=O) groups excluding carboxylic acids is 1. The second-order valence-corrected chi connectivity index (χ2v) is 5.86. The first-order valence-electron chi connectivity index (χ1n) is 6.83. The highest BCUT2D eigenvalue weighted by Gasteiger charge is 2.32. The van der Waals surface area contributed by atoms with Crippen molar-refractivity contribution in [2.75, 3.05) is 0 Å². The van der Waals surface area contributed by atoms with Gasteiger partial charge >= 0.3 is 0 Å². The molecule has 3 atom stereocenters. The molecule has 0 aromatic heterocycles. The maximum atomic E-state index is 11.1. The van der Waals surface area contributed by atoms with E-state index in [0.29, 0.717) is 12.3 Å². The van der Waals surface area contributed by atoms with Crippen molar-refractivity contribution in [3.8, 4) is 0 Å². The van der Waals surface area contributed by atoms with Crippen molar-refractivity contribution in [1.29, 1.82) is 0 Å². The Morgan fingerprint density at radius 3 is 2.22 bits per heavy atom. The zero-order chi connectivity index (χ0) is 13.7. The Hall–Kier alpha value is -0.890. The molecule has 0 amide bonds. The van der Waals surface area contributed by atoms with Crippen molar-refractivity contribution in [2.24, 2.45) is 5.92 Å². The van der Waals surface area contributed by atoms with Crippen LogP contribution in [-0.2, 0) is 9.53 Å². The summed E-state index contributed by atoms with van der Waals surface area (Å²) in [4.78, 5) is 11.1. The van der Waals surface area contributed by atoms with Crippen molar-refractivity contribution in [1.82, 2.24) is 0 Å². The number of hydrogen-bond acceptors (Lipinski definition) is 2. The Morgan fingerprint density at radius 1 is 1.11 bits per heavy atom. The van der Waals surface area contributed by atoms with Gasteiger partial charge in [0.1, 0.15) is 5.78 Å². The molecular formula is C16H26O2. The normalized spacial score (nSPS) is 26.8. The summed E-state index contributed by atoms with van der Waals surface area (Å²) < 4.78 is 6.06. The van der Waals surface area contributed by atoms with Gasteiger partial charge in [0.05, 0.1) is 12.2 Å². The van der Waals surface area contributed by atoms with Crippen LogP contribution in [0.15, 0.2) is 23.3 Å². The van der Waals surface area contributed by atoms with E-state index < -0.39 is 0 Å². The standard InChI is InChI=1S/C16H26O2/c1-11(2)8-15-10-14(7-6-13(5)17)16(18-15)9-12(3)4/h8-9,14-16H,6-7,10H2,1-5H3. The summed E-state index contributed by atoms with van der Waals surface area (Å²) in [7, 11) is 0. The third-order valence-corrected chi connectivity index (χ3v) is 3.22. The first-order chi connectivity index (χ1) is 8.38. The molecule has 1 aliphatic heterocycles. The lowest BCUT2D eigenvalue weighted by Gasteiger charge is -2.14. The van der Waals surface area contributed by atoms with Gasteiger partial charge in [-0.15, -0.1) is 0 Å². The first-order valence-corrected chi connectivity index (χ1v) is 6.83. The molecule has 102 valence electrons. The molecule has 3 unspecified atom stereocenters. The molecule has 1 aliphatic rings. The summed E-state index contributed by atoms with van der Waals surface area (Å²) in [6.07, 6.45) is 7.43. The van der Waals surface area contributed by atoms with Crippen molar-refractivity contribution in [3.63, 3.8) is 0 Å². The quantitative estimate of drug-likeness (QED) is 0.688. The predicted octanol–water partition coefficient (Wildman–Crippen LogP) is 4.06. The average Bonchev–Trinajstić information content (AvgIpc) is 2.55. The molecule has 0 aromatic rings. The topological polar surface area (TPSA) is 26.3 Å².